The largest absolute Gasteiger partial charge is 0.454 e. The maximum atomic E-state index is 6.68. The molecule has 0 amide bonds. The average Bonchev–Trinajstić information content (AvgIpc) is 1.31. The summed E-state index contributed by atoms with van der Waals surface area (Å²) < 4.78 is 26.6. The molecule has 0 spiro atoms. The maximum Gasteiger partial charge on any atom is 0.159 e. The first-order chi connectivity index (χ1) is 46.6. The minimum atomic E-state index is 0.837. The highest BCUT2D eigenvalue weighted by Crippen LogP contribution is 2.51. The summed E-state index contributed by atoms with van der Waals surface area (Å²) in [6.45, 7) is 0. The normalized spacial score (nSPS) is 11.8. The topological polar surface area (TPSA) is 59.0 Å². The van der Waals surface area contributed by atoms with Crippen molar-refractivity contribution < 1.29 is 17.7 Å². The van der Waals surface area contributed by atoms with Crippen LogP contribution in [0.2, 0.25) is 0 Å². The smallest absolute Gasteiger partial charge is 0.159 e. The zero-order valence-corrected chi connectivity index (χ0v) is 50.7. The molecule has 16 aromatic carbocycles. The third-order valence-electron chi connectivity index (χ3n) is 18.9. The molecule has 0 radical (unpaired) electrons. The van der Waals surface area contributed by atoms with Crippen LogP contribution in [0.25, 0.3) is 153 Å². The third kappa shape index (κ3) is 8.58. The molecule has 20 aromatic rings. The van der Waals surface area contributed by atoms with Gasteiger partial charge < -0.3 is 27.5 Å². The number of anilines is 6. The molecule has 0 aliphatic carbocycles. The van der Waals surface area contributed by atoms with Crippen LogP contribution in [0.3, 0.4) is 0 Å². The molecule has 0 saturated carbocycles. The van der Waals surface area contributed by atoms with Gasteiger partial charge in [0.05, 0.1) is 28.4 Å². The van der Waals surface area contributed by atoms with Crippen LogP contribution in [0.15, 0.2) is 345 Å². The van der Waals surface area contributed by atoms with Crippen LogP contribution in [0, 0.1) is 0 Å². The molecule has 0 atom stereocenters. The molecule has 20 rings (SSSR count). The van der Waals surface area contributed by atoms with Gasteiger partial charge in [-0.05, 0) is 139 Å². The number of rotatable bonds is 8. The molecule has 440 valence electrons. The van der Waals surface area contributed by atoms with E-state index in [1.165, 1.54) is 54.6 Å². The van der Waals surface area contributed by atoms with Crippen LogP contribution in [-0.4, -0.2) is 0 Å². The van der Waals surface area contributed by atoms with Crippen LogP contribution in [0.1, 0.15) is 0 Å². The summed E-state index contributed by atoms with van der Waals surface area (Å²) in [5, 5.41) is 18.3. The van der Waals surface area contributed by atoms with Gasteiger partial charge in [-0.15, -0.1) is 0 Å². The summed E-state index contributed by atoms with van der Waals surface area (Å²) in [6, 6.07) is 116. The molecule has 0 aliphatic rings. The molecular weight excluding hydrogens is 1150 g/mol. The SMILES string of the molecule is c1ccc(-c2ccc3c(c2)cc(N(c2cccc4c2oc2ccccc24)c2cccc4c2oc2ccccc24)c2ccccc23)cc1.c1ccc2c(-c3ccc4cc(N(c5cccc6c5oc5ccccc56)c5cccc6c5oc5ccccc56)ccc4c3)cccc2c1. The van der Waals surface area contributed by atoms with Crippen LogP contribution in [-0.2, 0) is 0 Å². The van der Waals surface area contributed by atoms with Crippen molar-refractivity contribution in [2.45, 2.75) is 0 Å². The first-order valence-corrected chi connectivity index (χ1v) is 31.9. The molecule has 6 heteroatoms. The second kappa shape index (κ2) is 21.5. The zero-order chi connectivity index (χ0) is 61.8. The lowest BCUT2D eigenvalue weighted by atomic mass is 9.95. The highest BCUT2D eigenvalue weighted by molar-refractivity contribution is 6.20. The van der Waals surface area contributed by atoms with Gasteiger partial charge in [0.2, 0.25) is 0 Å². The van der Waals surface area contributed by atoms with Gasteiger partial charge in [-0.2, -0.15) is 0 Å². The van der Waals surface area contributed by atoms with Gasteiger partial charge >= 0.3 is 0 Å². The van der Waals surface area contributed by atoms with E-state index in [2.05, 4.69) is 289 Å². The summed E-state index contributed by atoms with van der Waals surface area (Å²) >= 11 is 0. The van der Waals surface area contributed by atoms with E-state index in [4.69, 9.17) is 17.7 Å². The van der Waals surface area contributed by atoms with Crippen molar-refractivity contribution in [1.29, 1.82) is 0 Å². The lowest BCUT2D eigenvalue weighted by molar-refractivity contribution is 0.665. The van der Waals surface area contributed by atoms with Gasteiger partial charge in [-0.25, -0.2) is 0 Å². The molecule has 0 aliphatic heterocycles. The number of para-hydroxylation sites is 8. The predicted molar refractivity (Wildman–Crippen MR) is 392 cm³/mol. The molecule has 4 heterocycles. The molecule has 0 N–H and O–H groups in total. The quantitative estimate of drug-likeness (QED) is 0.141. The minimum Gasteiger partial charge on any atom is -0.454 e. The van der Waals surface area contributed by atoms with Crippen LogP contribution < -0.4 is 9.80 Å². The third-order valence-corrected chi connectivity index (χ3v) is 18.9. The van der Waals surface area contributed by atoms with Crippen molar-refractivity contribution in [3.63, 3.8) is 0 Å². The molecular formula is C88H54N2O4. The van der Waals surface area contributed by atoms with E-state index in [-0.39, 0.29) is 0 Å². The Morgan fingerprint density at radius 3 is 1.12 bits per heavy atom. The van der Waals surface area contributed by atoms with Crippen molar-refractivity contribution in [2.24, 2.45) is 0 Å². The highest BCUT2D eigenvalue weighted by Gasteiger charge is 2.27. The van der Waals surface area contributed by atoms with E-state index < -0.39 is 0 Å². The molecule has 0 saturated heterocycles. The van der Waals surface area contributed by atoms with E-state index in [1.54, 1.807) is 0 Å². The van der Waals surface area contributed by atoms with E-state index in [0.717, 1.165) is 133 Å². The Balaban J connectivity index is 0.000000133. The number of benzene rings is 16. The Morgan fingerprint density at radius 2 is 0.574 bits per heavy atom. The van der Waals surface area contributed by atoms with E-state index in [0.29, 0.717) is 0 Å². The summed E-state index contributed by atoms with van der Waals surface area (Å²) in [6.07, 6.45) is 0. The van der Waals surface area contributed by atoms with Crippen LogP contribution in [0.4, 0.5) is 34.1 Å². The van der Waals surface area contributed by atoms with Crippen molar-refractivity contribution in [3.8, 4) is 22.3 Å². The van der Waals surface area contributed by atoms with Gasteiger partial charge in [0, 0.05) is 54.2 Å². The van der Waals surface area contributed by atoms with Crippen LogP contribution >= 0.6 is 0 Å². The van der Waals surface area contributed by atoms with Gasteiger partial charge in [0.15, 0.2) is 22.3 Å². The van der Waals surface area contributed by atoms with Crippen molar-refractivity contribution >= 4 is 165 Å². The Hall–Kier alpha value is -12.6. The summed E-state index contributed by atoms with van der Waals surface area (Å²) in [5.41, 5.74) is 17.6. The average molecular weight is 1200 g/mol. The van der Waals surface area contributed by atoms with Gasteiger partial charge in [-0.3, -0.25) is 0 Å². The second-order valence-corrected chi connectivity index (χ2v) is 24.2. The minimum absolute atomic E-state index is 0.837. The van der Waals surface area contributed by atoms with Crippen LogP contribution in [0.5, 0.6) is 0 Å². The molecule has 0 unspecified atom stereocenters. The Kier molecular flexibility index (Phi) is 12.2. The number of hydrogen-bond donors (Lipinski definition) is 0. The Morgan fingerprint density at radius 1 is 0.181 bits per heavy atom. The lowest BCUT2D eigenvalue weighted by Crippen LogP contribution is -2.11. The summed E-state index contributed by atoms with van der Waals surface area (Å²) in [4.78, 5) is 4.62. The molecule has 0 bridgehead atoms. The number of fused-ring (bicyclic) bond motifs is 17. The fraction of sp³-hybridized carbons (Fsp3) is 0. The van der Waals surface area contributed by atoms with Crippen molar-refractivity contribution in [1.82, 2.24) is 0 Å². The Labute approximate surface area is 539 Å². The number of furan rings is 4. The first kappa shape index (κ1) is 53.2. The van der Waals surface area contributed by atoms with E-state index in [9.17, 15) is 0 Å². The van der Waals surface area contributed by atoms with Crippen molar-refractivity contribution in [3.05, 3.63) is 328 Å². The second-order valence-electron chi connectivity index (χ2n) is 24.2. The first-order valence-electron chi connectivity index (χ1n) is 31.9. The fourth-order valence-electron chi connectivity index (χ4n) is 14.5. The lowest BCUT2D eigenvalue weighted by Gasteiger charge is -2.27. The number of hydrogen-bond acceptors (Lipinski definition) is 6. The molecule has 0 fully saturated rings. The van der Waals surface area contributed by atoms with Gasteiger partial charge in [0.1, 0.15) is 22.3 Å². The summed E-state index contributed by atoms with van der Waals surface area (Å²) in [7, 11) is 0. The van der Waals surface area contributed by atoms with Gasteiger partial charge in [0.25, 0.3) is 0 Å². The Bertz CT molecular complexity index is 6170. The monoisotopic (exact) mass is 1200 g/mol. The predicted octanol–water partition coefficient (Wildman–Crippen LogP) is 25.9. The van der Waals surface area contributed by atoms with E-state index in [1.807, 2.05) is 48.5 Å². The zero-order valence-electron chi connectivity index (χ0n) is 50.7. The van der Waals surface area contributed by atoms with Gasteiger partial charge in [-0.1, -0.05) is 249 Å². The maximum absolute atomic E-state index is 6.68. The molecule has 6 nitrogen and oxygen atoms in total. The molecule has 4 aromatic heterocycles. The summed E-state index contributed by atoms with van der Waals surface area (Å²) in [5.74, 6) is 0. The highest BCUT2D eigenvalue weighted by atomic mass is 16.3. The van der Waals surface area contributed by atoms with E-state index >= 15 is 0 Å². The fourth-order valence-corrected chi connectivity index (χ4v) is 14.5. The van der Waals surface area contributed by atoms with Crippen molar-refractivity contribution in [2.75, 3.05) is 9.80 Å². The standard InChI is InChI=1S/2C44H27NO2/c1-2-12-33-28(10-1)11-7-15-34(33)31-23-22-30-27-32(25-24-29(30)26-31)45(39-18-8-16-37-35-13-3-5-20-41(35)46-43(37)39)40-19-9-17-38-36-14-4-6-21-42(36)47-44(38)40;1-2-12-28(13-3-1)29-24-25-31-30(26-29)27-40(33-15-5-4-14-32(31)33)45(38-20-10-18-36-34-16-6-8-22-41(34)46-43(36)38)39-21-11-19-37-35-17-7-9-23-42(35)47-44(37)39/h2*1-27H. The molecule has 94 heavy (non-hydrogen) atoms. The number of nitrogens with zero attached hydrogens (tertiary/aromatic N) is 2.